The number of hydrogen-bond donors (Lipinski definition) is 1. The van der Waals surface area contributed by atoms with E-state index < -0.39 is 5.97 Å². The molecule has 3 nitrogen and oxygen atoms in total. The molecule has 0 aliphatic heterocycles. The first kappa shape index (κ1) is 21.1. The van der Waals surface area contributed by atoms with Gasteiger partial charge in [0.25, 0.3) is 0 Å². The number of carbonyl (C=O) groups excluding carboxylic acids is 1. The van der Waals surface area contributed by atoms with Crippen LogP contribution in [0.4, 0.5) is 0 Å². The van der Waals surface area contributed by atoms with E-state index >= 15 is 0 Å². The Bertz CT molecular complexity index is 527. The Hall–Kier alpha value is -1.90. The topological polar surface area (TPSA) is 54.4 Å². The van der Waals surface area contributed by atoms with E-state index in [0.29, 0.717) is 6.42 Å². The van der Waals surface area contributed by atoms with Crippen LogP contribution in [0.3, 0.4) is 0 Å². The van der Waals surface area contributed by atoms with Gasteiger partial charge in [-0.2, -0.15) is 0 Å². The maximum atomic E-state index is 11.7. The first-order valence-electron chi connectivity index (χ1n) is 8.09. The summed E-state index contributed by atoms with van der Waals surface area (Å²) in [6, 6.07) is 0. The van der Waals surface area contributed by atoms with Crippen molar-refractivity contribution in [1.29, 1.82) is 0 Å². The van der Waals surface area contributed by atoms with Crippen molar-refractivity contribution < 1.29 is 14.7 Å². The molecule has 1 N–H and O–H groups in total. The lowest BCUT2D eigenvalue weighted by Gasteiger charge is -2.02. The third kappa shape index (κ3) is 13.5. The maximum absolute atomic E-state index is 11.7. The van der Waals surface area contributed by atoms with Gasteiger partial charge in [-0.3, -0.25) is 4.79 Å². The summed E-state index contributed by atoms with van der Waals surface area (Å²) >= 11 is 0. The van der Waals surface area contributed by atoms with Gasteiger partial charge in [0.15, 0.2) is 5.78 Å². The van der Waals surface area contributed by atoms with Crippen molar-refractivity contribution in [3.8, 4) is 0 Å². The summed E-state index contributed by atoms with van der Waals surface area (Å²) in [7, 11) is 0. The van der Waals surface area contributed by atoms with Crippen LogP contribution in [0.1, 0.15) is 66.7 Å². The second-order valence-corrected chi connectivity index (χ2v) is 6.37. The van der Waals surface area contributed by atoms with Gasteiger partial charge in [-0.15, -0.1) is 0 Å². The average Bonchev–Trinajstić information content (AvgIpc) is 2.36. The summed E-state index contributed by atoms with van der Waals surface area (Å²) < 4.78 is 0. The van der Waals surface area contributed by atoms with Crippen molar-refractivity contribution >= 4 is 11.8 Å². The third-order valence-electron chi connectivity index (χ3n) is 3.34. The highest BCUT2D eigenvalue weighted by atomic mass is 16.4. The van der Waals surface area contributed by atoms with Crippen molar-refractivity contribution in [2.24, 2.45) is 0 Å². The number of ketones is 1. The molecule has 0 rings (SSSR count). The van der Waals surface area contributed by atoms with Crippen molar-refractivity contribution in [2.75, 3.05) is 0 Å². The zero-order valence-corrected chi connectivity index (χ0v) is 15.1. The van der Waals surface area contributed by atoms with Gasteiger partial charge in [0.2, 0.25) is 0 Å². The summed E-state index contributed by atoms with van der Waals surface area (Å²) in [6.07, 6.45) is 11.3. The van der Waals surface area contributed by atoms with E-state index in [-0.39, 0.29) is 5.78 Å². The lowest BCUT2D eigenvalue weighted by atomic mass is 10.0. The molecule has 0 amide bonds. The lowest BCUT2D eigenvalue weighted by Crippen LogP contribution is -1.94. The van der Waals surface area contributed by atoms with Gasteiger partial charge in [0, 0.05) is 12.5 Å². The van der Waals surface area contributed by atoms with E-state index in [9.17, 15) is 9.59 Å². The fourth-order valence-electron chi connectivity index (χ4n) is 2.20. The molecule has 0 spiro atoms. The van der Waals surface area contributed by atoms with Crippen LogP contribution < -0.4 is 0 Å². The van der Waals surface area contributed by atoms with E-state index in [2.05, 4.69) is 19.1 Å². The molecular formula is C20H30O3. The maximum Gasteiger partial charge on any atom is 0.328 e. The smallest absolute Gasteiger partial charge is 0.328 e. The van der Waals surface area contributed by atoms with Crippen LogP contribution in [0.2, 0.25) is 0 Å². The van der Waals surface area contributed by atoms with Gasteiger partial charge < -0.3 is 5.11 Å². The molecule has 0 saturated carbocycles. The first-order valence-corrected chi connectivity index (χ1v) is 8.09. The molecule has 3 heteroatoms. The van der Waals surface area contributed by atoms with Gasteiger partial charge in [-0.05, 0) is 66.4 Å². The summed E-state index contributed by atoms with van der Waals surface area (Å²) in [5.41, 5.74) is 4.33. The number of carbonyl (C=O) groups is 2. The Morgan fingerprint density at radius 1 is 0.783 bits per heavy atom. The van der Waals surface area contributed by atoms with Gasteiger partial charge in [0.05, 0.1) is 0 Å². The van der Waals surface area contributed by atoms with Crippen LogP contribution in [0.15, 0.2) is 46.6 Å². The van der Waals surface area contributed by atoms with Gasteiger partial charge in [-0.25, -0.2) is 4.79 Å². The standard InChI is InChI=1S/C20H30O3/c1-15(2)12-19(21)13-17(4)10-6-8-16(3)9-7-11-18(5)14-20(22)23/h9-10,12,14H,6-8,11,13H2,1-5H3,(H,22,23)/b16-9+,17-10+,18-14+. The van der Waals surface area contributed by atoms with Crippen LogP contribution >= 0.6 is 0 Å². The number of aliphatic carboxylic acids is 1. The van der Waals surface area contributed by atoms with Crippen molar-refractivity contribution in [3.63, 3.8) is 0 Å². The number of carboxylic acid groups (broad SMARTS) is 1. The predicted octanol–water partition coefficient (Wildman–Crippen LogP) is 5.40. The summed E-state index contributed by atoms with van der Waals surface area (Å²) in [6.45, 7) is 9.79. The highest BCUT2D eigenvalue weighted by Gasteiger charge is 1.99. The molecule has 0 unspecified atom stereocenters. The molecular weight excluding hydrogens is 288 g/mol. The fraction of sp³-hybridized carbons (Fsp3) is 0.500. The Morgan fingerprint density at radius 3 is 1.83 bits per heavy atom. The highest BCUT2D eigenvalue weighted by Crippen LogP contribution is 2.12. The highest BCUT2D eigenvalue weighted by molar-refractivity contribution is 5.91. The molecule has 0 aliphatic carbocycles. The molecule has 0 heterocycles. The SMILES string of the molecule is CC(C)=CC(=O)C/C(C)=C/CC/C(C)=C/CC/C(C)=C/C(=O)O. The Kier molecular flexibility index (Phi) is 10.7. The molecule has 0 atom stereocenters. The van der Waals surface area contributed by atoms with Crippen LogP contribution in [-0.4, -0.2) is 16.9 Å². The molecule has 23 heavy (non-hydrogen) atoms. The molecule has 0 radical (unpaired) electrons. The number of carboxylic acids is 1. The molecule has 0 aliphatic rings. The lowest BCUT2D eigenvalue weighted by molar-refractivity contribution is -0.131. The van der Waals surface area contributed by atoms with Crippen LogP contribution in [0.5, 0.6) is 0 Å². The molecule has 128 valence electrons. The van der Waals surface area contributed by atoms with Crippen LogP contribution in [0, 0.1) is 0 Å². The van der Waals surface area contributed by atoms with E-state index in [0.717, 1.165) is 42.4 Å². The molecule has 0 saturated heterocycles. The largest absolute Gasteiger partial charge is 0.478 e. The fourth-order valence-corrected chi connectivity index (χ4v) is 2.20. The van der Waals surface area contributed by atoms with Crippen molar-refractivity contribution in [1.82, 2.24) is 0 Å². The molecule has 0 bridgehead atoms. The van der Waals surface area contributed by atoms with Gasteiger partial charge in [0.1, 0.15) is 0 Å². The van der Waals surface area contributed by atoms with Crippen LogP contribution in [-0.2, 0) is 9.59 Å². The van der Waals surface area contributed by atoms with Crippen molar-refractivity contribution in [2.45, 2.75) is 66.7 Å². The van der Waals surface area contributed by atoms with E-state index in [1.54, 1.807) is 6.08 Å². The minimum absolute atomic E-state index is 0.159. The minimum atomic E-state index is -0.883. The quantitative estimate of drug-likeness (QED) is 0.433. The monoisotopic (exact) mass is 318 g/mol. The molecule has 0 fully saturated rings. The normalized spacial score (nSPS) is 13.0. The predicted molar refractivity (Wildman–Crippen MR) is 96.4 cm³/mol. The van der Waals surface area contributed by atoms with E-state index in [1.165, 1.54) is 11.6 Å². The third-order valence-corrected chi connectivity index (χ3v) is 3.34. The van der Waals surface area contributed by atoms with Gasteiger partial charge in [-0.1, -0.05) is 34.4 Å². The Balaban J connectivity index is 4.18. The molecule has 0 aromatic carbocycles. The Morgan fingerprint density at radius 2 is 1.30 bits per heavy atom. The number of hydrogen-bond acceptors (Lipinski definition) is 2. The first-order chi connectivity index (χ1) is 10.7. The second-order valence-electron chi connectivity index (χ2n) is 6.37. The molecule has 0 aromatic heterocycles. The summed E-state index contributed by atoms with van der Waals surface area (Å²) in [5.74, 6) is -0.724. The van der Waals surface area contributed by atoms with Crippen LogP contribution in [0.25, 0.3) is 0 Å². The molecule has 0 aromatic rings. The zero-order valence-electron chi connectivity index (χ0n) is 15.1. The average molecular weight is 318 g/mol. The number of allylic oxidation sites excluding steroid dienone is 7. The number of rotatable bonds is 10. The van der Waals surface area contributed by atoms with E-state index in [4.69, 9.17) is 5.11 Å². The Labute approximate surface area is 140 Å². The summed E-state index contributed by atoms with van der Waals surface area (Å²) in [5, 5.41) is 8.65. The summed E-state index contributed by atoms with van der Waals surface area (Å²) in [4.78, 5) is 22.2. The minimum Gasteiger partial charge on any atom is -0.478 e. The second kappa shape index (κ2) is 11.6. The van der Waals surface area contributed by atoms with Gasteiger partial charge >= 0.3 is 5.97 Å². The van der Waals surface area contributed by atoms with E-state index in [1.807, 2.05) is 27.7 Å². The van der Waals surface area contributed by atoms with Crippen molar-refractivity contribution in [3.05, 3.63) is 46.6 Å². The zero-order chi connectivity index (χ0) is 17.8.